The highest BCUT2D eigenvalue weighted by atomic mass is 32.1. The van der Waals surface area contributed by atoms with Crippen LogP contribution in [0.4, 0.5) is 5.13 Å². The first kappa shape index (κ1) is 9.54. The Morgan fingerprint density at radius 1 is 1.57 bits per heavy atom. The first-order valence-corrected chi connectivity index (χ1v) is 5.39. The lowest BCUT2D eigenvalue weighted by atomic mass is 10.5. The smallest absolute Gasteiger partial charge is 0.240 e. The first-order chi connectivity index (χ1) is 6.79. The summed E-state index contributed by atoms with van der Waals surface area (Å²) in [7, 11) is 1.73. The molecule has 1 saturated carbocycles. The van der Waals surface area contributed by atoms with E-state index in [1.54, 1.807) is 7.05 Å². The van der Waals surface area contributed by atoms with Crippen LogP contribution in [0.2, 0.25) is 0 Å². The van der Waals surface area contributed by atoms with E-state index in [0.717, 1.165) is 5.01 Å². The van der Waals surface area contributed by atoms with E-state index in [-0.39, 0.29) is 5.91 Å². The van der Waals surface area contributed by atoms with Crippen LogP contribution in [0.1, 0.15) is 23.8 Å². The number of hydrogen-bond acceptors (Lipinski definition) is 5. The van der Waals surface area contributed by atoms with Crippen molar-refractivity contribution in [2.24, 2.45) is 0 Å². The number of hydrogen-bond donors (Lipinski definition) is 2. The molecule has 0 aromatic carbocycles. The number of carbonyl (C=O) groups excluding carboxylic acids is 1. The second-order valence-corrected chi connectivity index (χ2v) is 4.31. The number of amides is 1. The summed E-state index contributed by atoms with van der Waals surface area (Å²) < 4.78 is 0. The molecule has 1 amide bonds. The molecule has 1 fully saturated rings. The van der Waals surface area contributed by atoms with Crippen LogP contribution >= 0.6 is 11.3 Å². The predicted octanol–water partition coefficient (Wildman–Crippen LogP) is 0.573. The summed E-state index contributed by atoms with van der Waals surface area (Å²) in [5.74, 6) is 0.522. The summed E-state index contributed by atoms with van der Waals surface area (Å²) >= 11 is 1.48. The summed E-state index contributed by atoms with van der Waals surface area (Å²) in [6.45, 7) is 0.304. The van der Waals surface area contributed by atoms with E-state index >= 15 is 0 Å². The molecule has 6 heteroatoms. The third kappa shape index (κ3) is 2.27. The van der Waals surface area contributed by atoms with E-state index in [1.807, 2.05) is 0 Å². The van der Waals surface area contributed by atoms with E-state index in [2.05, 4.69) is 20.8 Å². The average molecular weight is 212 g/mol. The van der Waals surface area contributed by atoms with Crippen LogP contribution in [-0.2, 0) is 4.79 Å². The fraction of sp³-hybridized carbons (Fsp3) is 0.625. The molecule has 0 radical (unpaired) electrons. The minimum atomic E-state index is -0.0778. The van der Waals surface area contributed by atoms with E-state index in [1.165, 1.54) is 24.2 Å². The molecular weight excluding hydrogens is 200 g/mol. The topological polar surface area (TPSA) is 66.9 Å². The number of nitrogens with zero attached hydrogens (tertiary/aromatic N) is 2. The van der Waals surface area contributed by atoms with Gasteiger partial charge < -0.3 is 5.32 Å². The van der Waals surface area contributed by atoms with Gasteiger partial charge in [-0.3, -0.25) is 10.1 Å². The average Bonchev–Trinajstić information content (AvgIpc) is 2.89. The summed E-state index contributed by atoms with van der Waals surface area (Å²) in [6, 6.07) is 0. The Hall–Kier alpha value is -1.01. The number of likely N-dealkylation sites (N-methyl/N-ethyl adjacent to an activating group) is 1. The lowest BCUT2D eigenvalue weighted by Crippen LogP contribution is -2.24. The maximum absolute atomic E-state index is 11.2. The van der Waals surface area contributed by atoms with E-state index in [4.69, 9.17) is 0 Å². The van der Waals surface area contributed by atoms with Crippen LogP contribution in [0.15, 0.2) is 0 Å². The molecule has 0 spiro atoms. The number of anilines is 1. The Balaban J connectivity index is 1.92. The van der Waals surface area contributed by atoms with Crippen molar-refractivity contribution in [1.82, 2.24) is 15.5 Å². The van der Waals surface area contributed by atoms with Gasteiger partial charge in [0.1, 0.15) is 5.01 Å². The largest absolute Gasteiger partial charge is 0.311 e. The molecule has 0 aliphatic heterocycles. The zero-order valence-electron chi connectivity index (χ0n) is 7.91. The van der Waals surface area contributed by atoms with Gasteiger partial charge in [-0.05, 0) is 19.9 Å². The van der Waals surface area contributed by atoms with Crippen LogP contribution in [0.5, 0.6) is 0 Å². The van der Waals surface area contributed by atoms with Crippen molar-refractivity contribution in [3.8, 4) is 0 Å². The van der Waals surface area contributed by atoms with Gasteiger partial charge in [0.2, 0.25) is 11.0 Å². The van der Waals surface area contributed by atoms with Crippen LogP contribution in [-0.4, -0.2) is 29.7 Å². The molecule has 1 aliphatic rings. The highest BCUT2D eigenvalue weighted by Crippen LogP contribution is 2.41. The fourth-order valence-corrected chi connectivity index (χ4v) is 2.03. The van der Waals surface area contributed by atoms with Gasteiger partial charge in [-0.15, -0.1) is 10.2 Å². The maximum atomic E-state index is 11.2. The Morgan fingerprint density at radius 3 is 3.00 bits per heavy atom. The standard InChI is InChI=1S/C8H12N4OS/c1-9-4-6(13)10-8-12-11-7(14-8)5-2-3-5/h5,9H,2-4H2,1H3,(H,10,12,13). The molecular formula is C8H12N4OS. The van der Waals surface area contributed by atoms with E-state index in [9.17, 15) is 4.79 Å². The van der Waals surface area contributed by atoms with Crippen LogP contribution in [0, 0.1) is 0 Å². The van der Waals surface area contributed by atoms with Crippen molar-refractivity contribution in [3.05, 3.63) is 5.01 Å². The minimum absolute atomic E-state index is 0.0778. The molecule has 1 aliphatic carbocycles. The monoisotopic (exact) mass is 212 g/mol. The molecule has 2 N–H and O–H groups in total. The summed E-state index contributed by atoms with van der Waals surface area (Å²) in [4.78, 5) is 11.2. The summed E-state index contributed by atoms with van der Waals surface area (Å²) in [5.41, 5.74) is 0. The molecule has 2 rings (SSSR count). The lowest BCUT2D eigenvalue weighted by Gasteiger charge is -1.97. The molecule has 14 heavy (non-hydrogen) atoms. The molecule has 0 atom stereocenters. The van der Waals surface area contributed by atoms with Gasteiger partial charge in [-0.25, -0.2) is 0 Å². The van der Waals surface area contributed by atoms with Gasteiger partial charge >= 0.3 is 0 Å². The van der Waals surface area contributed by atoms with Crippen LogP contribution in [0.3, 0.4) is 0 Å². The maximum Gasteiger partial charge on any atom is 0.240 e. The Labute approximate surface area is 85.9 Å². The second-order valence-electron chi connectivity index (χ2n) is 3.30. The molecule has 1 aromatic heterocycles. The fourth-order valence-electron chi connectivity index (χ4n) is 1.10. The van der Waals surface area contributed by atoms with Gasteiger partial charge in [0.25, 0.3) is 0 Å². The van der Waals surface area contributed by atoms with Gasteiger partial charge in [0.05, 0.1) is 6.54 Å². The predicted molar refractivity (Wildman–Crippen MR) is 54.4 cm³/mol. The van der Waals surface area contributed by atoms with Crippen molar-refractivity contribution in [1.29, 1.82) is 0 Å². The van der Waals surface area contributed by atoms with E-state index < -0.39 is 0 Å². The Bertz CT molecular complexity index is 334. The molecule has 0 unspecified atom stereocenters. The first-order valence-electron chi connectivity index (χ1n) is 4.57. The zero-order valence-corrected chi connectivity index (χ0v) is 8.73. The van der Waals surface area contributed by atoms with E-state index in [0.29, 0.717) is 17.6 Å². The van der Waals surface area contributed by atoms with Crippen LogP contribution in [0.25, 0.3) is 0 Å². The normalized spacial score (nSPS) is 15.5. The van der Waals surface area contributed by atoms with Gasteiger partial charge in [0.15, 0.2) is 0 Å². The Kier molecular flexibility index (Phi) is 2.74. The van der Waals surface area contributed by atoms with Gasteiger partial charge in [0, 0.05) is 5.92 Å². The zero-order chi connectivity index (χ0) is 9.97. The van der Waals surface area contributed by atoms with Crippen molar-refractivity contribution >= 4 is 22.4 Å². The molecule has 5 nitrogen and oxygen atoms in total. The molecule has 76 valence electrons. The van der Waals surface area contributed by atoms with Gasteiger partial charge in [-0.2, -0.15) is 0 Å². The van der Waals surface area contributed by atoms with Crippen molar-refractivity contribution in [2.75, 3.05) is 18.9 Å². The molecule has 0 bridgehead atoms. The van der Waals surface area contributed by atoms with Crippen molar-refractivity contribution < 1.29 is 4.79 Å². The summed E-state index contributed by atoms with van der Waals surface area (Å²) in [5, 5.41) is 15.0. The van der Waals surface area contributed by atoms with Gasteiger partial charge in [-0.1, -0.05) is 11.3 Å². The van der Waals surface area contributed by atoms with Crippen molar-refractivity contribution in [3.63, 3.8) is 0 Å². The third-order valence-electron chi connectivity index (χ3n) is 1.95. The molecule has 0 saturated heterocycles. The van der Waals surface area contributed by atoms with Crippen molar-refractivity contribution in [2.45, 2.75) is 18.8 Å². The Morgan fingerprint density at radius 2 is 2.36 bits per heavy atom. The molecule has 1 aromatic rings. The lowest BCUT2D eigenvalue weighted by molar-refractivity contribution is -0.115. The highest BCUT2D eigenvalue weighted by Gasteiger charge is 2.27. The third-order valence-corrected chi connectivity index (χ3v) is 2.95. The second kappa shape index (κ2) is 4.02. The van der Waals surface area contributed by atoms with Crippen LogP contribution < -0.4 is 10.6 Å². The number of carbonyl (C=O) groups is 1. The number of aromatic nitrogens is 2. The highest BCUT2D eigenvalue weighted by molar-refractivity contribution is 7.15. The number of nitrogens with one attached hydrogen (secondary N) is 2. The quantitative estimate of drug-likeness (QED) is 0.766. The SMILES string of the molecule is CNCC(=O)Nc1nnc(C2CC2)s1. The molecule has 1 heterocycles. The minimum Gasteiger partial charge on any atom is -0.311 e. The number of rotatable bonds is 4. The summed E-state index contributed by atoms with van der Waals surface area (Å²) in [6.07, 6.45) is 2.41.